The highest BCUT2D eigenvalue weighted by Crippen LogP contribution is 2.20. The zero-order valence-corrected chi connectivity index (χ0v) is 19.3. The molecule has 34 heavy (non-hydrogen) atoms. The van der Waals surface area contributed by atoms with E-state index < -0.39 is 0 Å². The number of nitrogens with one attached hydrogen (secondary N) is 3. The van der Waals surface area contributed by atoms with E-state index in [1.807, 2.05) is 48.5 Å². The first-order valence-corrected chi connectivity index (χ1v) is 10.9. The number of nitrogens with zero attached hydrogens (tertiary/aromatic N) is 4. The fourth-order valence-corrected chi connectivity index (χ4v) is 3.08. The normalized spacial score (nSPS) is 11.1. The van der Waals surface area contributed by atoms with Gasteiger partial charge in [-0.15, -0.1) is 0 Å². The van der Waals surface area contributed by atoms with Crippen molar-refractivity contribution in [3.8, 4) is 5.75 Å². The van der Waals surface area contributed by atoms with E-state index in [4.69, 9.17) is 9.15 Å². The smallest absolute Gasteiger partial charge is 0.250 e. The average Bonchev–Trinajstić information content (AvgIpc) is 3.37. The summed E-state index contributed by atoms with van der Waals surface area (Å²) in [6, 6.07) is 19.4. The summed E-state index contributed by atoms with van der Waals surface area (Å²) >= 11 is 0. The van der Waals surface area contributed by atoms with Gasteiger partial charge >= 0.3 is 0 Å². The molecule has 0 spiro atoms. The molecule has 4 aromatic rings. The molecule has 3 N–H and O–H groups in total. The summed E-state index contributed by atoms with van der Waals surface area (Å²) in [4.78, 5) is 13.3. The Labute approximate surface area is 198 Å². The van der Waals surface area contributed by atoms with Gasteiger partial charge < -0.3 is 19.8 Å². The SMILES string of the molecule is COc1ccc(Nc2nc(NCc3ccco3)nc(N/N=C/c3ccc(C(C)C)cc3)n2)cc1. The average molecular weight is 458 g/mol. The monoisotopic (exact) mass is 457 g/mol. The number of ether oxygens (including phenoxy) is 1. The Balaban J connectivity index is 1.50. The minimum atomic E-state index is 0.294. The van der Waals surface area contributed by atoms with E-state index in [0.717, 1.165) is 22.8 Å². The second-order valence-corrected chi connectivity index (χ2v) is 7.78. The summed E-state index contributed by atoms with van der Waals surface area (Å²) in [5.41, 5.74) is 5.95. The molecule has 2 aromatic heterocycles. The van der Waals surface area contributed by atoms with E-state index in [-0.39, 0.29) is 0 Å². The van der Waals surface area contributed by atoms with Crippen LogP contribution in [0.25, 0.3) is 0 Å². The van der Waals surface area contributed by atoms with Crippen molar-refractivity contribution >= 4 is 29.7 Å². The van der Waals surface area contributed by atoms with Crippen molar-refractivity contribution in [3.05, 3.63) is 83.8 Å². The van der Waals surface area contributed by atoms with Crippen LogP contribution in [0.1, 0.15) is 36.7 Å². The molecule has 2 heterocycles. The van der Waals surface area contributed by atoms with Gasteiger partial charge in [-0.2, -0.15) is 20.1 Å². The molecule has 0 fully saturated rings. The lowest BCUT2D eigenvalue weighted by Gasteiger charge is -2.10. The Hall–Kier alpha value is -4.40. The third-order valence-electron chi connectivity index (χ3n) is 4.96. The maximum atomic E-state index is 5.37. The number of rotatable bonds is 10. The van der Waals surface area contributed by atoms with Gasteiger partial charge in [0.15, 0.2) is 0 Å². The van der Waals surface area contributed by atoms with Gasteiger partial charge in [0.25, 0.3) is 0 Å². The van der Waals surface area contributed by atoms with E-state index >= 15 is 0 Å². The molecule has 0 aliphatic rings. The van der Waals surface area contributed by atoms with E-state index in [2.05, 4.69) is 62.1 Å². The van der Waals surface area contributed by atoms with Gasteiger partial charge in [-0.25, -0.2) is 5.43 Å². The van der Waals surface area contributed by atoms with Crippen molar-refractivity contribution in [2.75, 3.05) is 23.2 Å². The van der Waals surface area contributed by atoms with Crippen LogP contribution in [0.2, 0.25) is 0 Å². The van der Waals surface area contributed by atoms with Crippen LogP contribution < -0.4 is 20.8 Å². The van der Waals surface area contributed by atoms with Crippen molar-refractivity contribution in [2.24, 2.45) is 5.10 Å². The van der Waals surface area contributed by atoms with Gasteiger partial charge in [-0.1, -0.05) is 38.1 Å². The predicted molar refractivity (Wildman–Crippen MR) is 134 cm³/mol. The summed E-state index contributed by atoms with van der Waals surface area (Å²) in [7, 11) is 1.63. The Morgan fingerprint density at radius 2 is 1.68 bits per heavy atom. The number of hydrazone groups is 1. The van der Waals surface area contributed by atoms with Crippen LogP contribution in [-0.4, -0.2) is 28.3 Å². The Kier molecular flexibility index (Phi) is 7.34. The Morgan fingerprint density at radius 3 is 2.35 bits per heavy atom. The second-order valence-electron chi connectivity index (χ2n) is 7.78. The molecule has 0 amide bonds. The lowest BCUT2D eigenvalue weighted by molar-refractivity contribution is 0.415. The molecule has 0 saturated heterocycles. The molecule has 174 valence electrons. The van der Waals surface area contributed by atoms with E-state index in [9.17, 15) is 0 Å². The van der Waals surface area contributed by atoms with Gasteiger partial charge in [-0.3, -0.25) is 0 Å². The zero-order chi connectivity index (χ0) is 23.8. The van der Waals surface area contributed by atoms with E-state index in [1.165, 1.54) is 5.56 Å². The van der Waals surface area contributed by atoms with Crippen LogP contribution in [0.4, 0.5) is 23.5 Å². The molecular weight excluding hydrogens is 430 g/mol. The molecule has 0 atom stereocenters. The first kappa shape index (κ1) is 22.8. The predicted octanol–water partition coefficient (Wildman–Crippen LogP) is 5.40. The van der Waals surface area contributed by atoms with Crippen LogP contribution in [0.15, 0.2) is 76.4 Å². The first-order valence-electron chi connectivity index (χ1n) is 10.9. The summed E-state index contributed by atoms with van der Waals surface area (Å²) in [6.07, 6.45) is 3.34. The fraction of sp³-hybridized carbons (Fsp3) is 0.200. The molecule has 0 radical (unpaired) electrons. The topological polar surface area (TPSA) is 109 Å². The Bertz CT molecular complexity index is 1210. The largest absolute Gasteiger partial charge is 0.497 e. The number of anilines is 4. The van der Waals surface area contributed by atoms with Gasteiger partial charge in [0, 0.05) is 5.69 Å². The highest BCUT2D eigenvalue weighted by molar-refractivity contribution is 5.80. The second kappa shape index (κ2) is 11.0. The molecule has 0 aliphatic carbocycles. The molecule has 4 rings (SSSR count). The van der Waals surface area contributed by atoms with Crippen molar-refractivity contribution in [2.45, 2.75) is 26.3 Å². The molecule has 0 saturated carbocycles. The standard InChI is InChI=1S/C25H27N7O2/c1-17(2)19-8-6-18(7-9-19)15-27-32-25-30-23(26-16-22-5-4-14-34-22)29-24(31-25)28-20-10-12-21(33-3)13-11-20/h4-15,17H,16H2,1-3H3,(H3,26,28,29,30,31,32)/b27-15+. The molecule has 9 nitrogen and oxygen atoms in total. The minimum absolute atomic E-state index is 0.294. The van der Waals surface area contributed by atoms with Crippen LogP contribution in [0.5, 0.6) is 5.75 Å². The van der Waals surface area contributed by atoms with Crippen LogP contribution in [0, 0.1) is 0 Å². The number of aromatic nitrogens is 3. The number of methoxy groups -OCH3 is 1. The molecule has 0 aliphatic heterocycles. The lowest BCUT2D eigenvalue weighted by atomic mass is 10.0. The minimum Gasteiger partial charge on any atom is -0.497 e. The van der Waals surface area contributed by atoms with Gasteiger partial charge in [0.1, 0.15) is 11.5 Å². The third-order valence-corrected chi connectivity index (χ3v) is 4.96. The summed E-state index contributed by atoms with van der Waals surface area (Å²) in [6.45, 7) is 4.77. The number of hydrogen-bond acceptors (Lipinski definition) is 9. The molecule has 0 unspecified atom stereocenters. The van der Waals surface area contributed by atoms with Crippen molar-refractivity contribution in [3.63, 3.8) is 0 Å². The number of furan rings is 1. The van der Waals surface area contributed by atoms with E-state index in [0.29, 0.717) is 30.3 Å². The van der Waals surface area contributed by atoms with E-state index in [1.54, 1.807) is 19.6 Å². The van der Waals surface area contributed by atoms with Gasteiger partial charge in [0.05, 0.1) is 26.1 Å². The summed E-state index contributed by atoms with van der Waals surface area (Å²) in [5, 5.41) is 10.6. The molecule has 9 heteroatoms. The molecular formula is C25H27N7O2. The molecule has 0 bridgehead atoms. The summed E-state index contributed by atoms with van der Waals surface area (Å²) in [5.74, 6) is 3.05. The number of benzene rings is 2. The van der Waals surface area contributed by atoms with Gasteiger partial charge in [-0.05, 0) is 53.4 Å². The highest BCUT2D eigenvalue weighted by atomic mass is 16.5. The third kappa shape index (κ3) is 6.32. The van der Waals surface area contributed by atoms with Gasteiger partial charge in [0.2, 0.25) is 17.8 Å². The molecule has 2 aromatic carbocycles. The zero-order valence-electron chi connectivity index (χ0n) is 19.3. The first-order chi connectivity index (χ1) is 16.6. The maximum absolute atomic E-state index is 5.37. The van der Waals surface area contributed by atoms with Crippen LogP contribution in [0.3, 0.4) is 0 Å². The summed E-state index contributed by atoms with van der Waals surface area (Å²) < 4.78 is 10.6. The maximum Gasteiger partial charge on any atom is 0.250 e. The quantitative estimate of drug-likeness (QED) is 0.215. The number of hydrogen-bond donors (Lipinski definition) is 3. The van der Waals surface area contributed by atoms with Crippen LogP contribution in [-0.2, 0) is 6.54 Å². The van der Waals surface area contributed by atoms with Crippen molar-refractivity contribution in [1.29, 1.82) is 0 Å². The fourth-order valence-electron chi connectivity index (χ4n) is 3.08. The van der Waals surface area contributed by atoms with Crippen LogP contribution >= 0.6 is 0 Å². The lowest BCUT2D eigenvalue weighted by Crippen LogP contribution is -2.09. The Morgan fingerprint density at radius 1 is 0.941 bits per heavy atom. The highest BCUT2D eigenvalue weighted by Gasteiger charge is 2.08. The van der Waals surface area contributed by atoms with Crippen molar-refractivity contribution < 1.29 is 9.15 Å². The van der Waals surface area contributed by atoms with Crippen molar-refractivity contribution in [1.82, 2.24) is 15.0 Å².